The number of carbonyl (C=O) groups excluding carboxylic acids is 1. The lowest BCUT2D eigenvalue weighted by molar-refractivity contribution is -0.148. The third-order valence-electron chi connectivity index (χ3n) is 3.74. The molecule has 1 unspecified atom stereocenters. The van der Waals surface area contributed by atoms with Gasteiger partial charge in [-0.05, 0) is 30.5 Å². The van der Waals surface area contributed by atoms with Crippen LogP contribution in [0.25, 0.3) is 0 Å². The van der Waals surface area contributed by atoms with Gasteiger partial charge in [-0.2, -0.15) is 0 Å². The molecular weight excluding hydrogens is 246 g/mol. The number of hydrogen-bond acceptors (Lipinski definition) is 5. The first-order valence-electron chi connectivity index (χ1n) is 6.15. The quantitative estimate of drug-likeness (QED) is 0.820. The van der Waals surface area contributed by atoms with Gasteiger partial charge in [0.25, 0.3) is 0 Å². The lowest BCUT2D eigenvalue weighted by Gasteiger charge is -2.22. The Kier molecular flexibility index (Phi) is 3.66. The van der Waals surface area contributed by atoms with E-state index in [0.717, 1.165) is 18.4 Å². The van der Waals surface area contributed by atoms with E-state index in [2.05, 4.69) is 0 Å². The van der Waals surface area contributed by atoms with Crippen LogP contribution in [0.5, 0.6) is 11.5 Å². The van der Waals surface area contributed by atoms with Crippen LogP contribution in [0.3, 0.4) is 0 Å². The molecule has 2 rings (SSSR count). The second-order valence-electron chi connectivity index (χ2n) is 4.74. The normalized spacial score (nSPS) is 17.5. The minimum atomic E-state index is -0.575. The van der Waals surface area contributed by atoms with Crippen LogP contribution in [0, 0.1) is 5.41 Å². The molecule has 104 valence electrons. The highest BCUT2D eigenvalue weighted by atomic mass is 16.5. The monoisotopic (exact) mass is 265 g/mol. The standard InChI is InChI=1S/C14H19NO4/c1-17-10-5-4-9(8-11(10)18-2)12(15)14(6-7-14)13(16)19-3/h4-5,8,12H,6-7,15H2,1-3H3. The minimum Gasteiger partial charge on any atom is -0.493 e. The summed E-state index contributed by atoms with van der Waals surface area (Å²) >= 11 is 0. The highest BCUT2D eigenvalue weighted by molar-refractivity contribution is 5.81. The number of carbonyl (C=O) groups is 1. The molecule has 0 aromatic heterocycles. The van der Waals surface area contributed by atoms with Crippen molar-refractivity contribution in [3.8, 4) is 11.5 Å². The van der Waals surface area contributed by atoms with Crippen LogP contribution in [0.15, 0.2) is 18.2 Å². The van der Waals surface area contributed by atoms with E-state index in [1.807, 2.05) is 12.1 Å². The van der Waals surface area contributed by atoms with Crippen molar-refractivity contribution in [1.82, 2.24) is 0 Å². The summed E-state index contributed by atoms with van der Waals surface area (Å²) in [5.41, 5.74) is 6.50. The van der Waals surface area contributed by atoms with Gasteiger partial charge in [-0.1, -0.05) is 6.07 Å². The van der Waals surface area contributed by atoms with E-state index < -0.39 is 5.41 Å². The number of benzene rings is 1. The molecule has 1 fully saturated rings. The fourth-order valence-electron chi connectivity index (χ4n) is 2.35. The predicted molar refractivity (Wildman–Crippen MR) is 70.2 cm³/mol. The van der Waals surface area contributed by atoms with E-state index in [1.165, 1.54) is 7.11 Å². The summed E-state index contributed by atoms with van der Waals surface area (Å²) in [5.74, 6) is 1.01. The van der Waals surface area contributed by atoms with Gasteiger partial charge in [0.15, 0.2) is 11.5 Å². The van der Waals surface area contributed by atoms with E-state index >= 15 is 0 Å². The third kappa shape index (κ3) is 2.26. The minimum absolute atomic E-state index is 0.241. The molecule has 0 radical (unpaired) electrons. The Labute approximate surface area is 112 Å². The average molecular weight is 265 g/mol. The number of methoxy groups -OCH3 is 3. The van der Waals surface area contributed by atoms with Crippen molar-refractivity contribution in [3.05, 3.63) is 23.8 Å². The van der Waals surface area contributed by atoms with Gasteiger partial charge in [-0.25, -0.2) is 0 Å². The SMILES string of the molecule is COC(=O)C1(C(N)c2ccc(OC)c(OC)c2)CC1. The molecule has 5 heteroatoms. The Bertz CT molecular complexity index is 482. The molecule has 1 aliphatic carbocycles. The van der Waals surface area contributed by atoms with Crippen molar-refractivity contribution in [3.63, 3.8) is 0 Å². The van der Waals surface area contributed by atoms with Crippen LogP contribution in [0.4, 0.5) is 0 Å². The largest absolute Gasteiger partial charge is 0.493 e. The van der Waals surface area contributed by atoms with Gasteiger partial charge in [0.2, 0.25) is 0 Å². The highest BCUT2D eigenvalue weighted by Crippen LogP contribution is 2.55. The summed E-state index contributed by atoms with van der Waals surface area (Å²) in [6, 6.07) is 5.07. The van der Waals surface area contributed by atoms with Crippen molar-refractivity contribution >= 4 is 5.97 Å². The maximum Gasteiger partial charge on any atom is 0.313 e. The first kappa shape index (κ1) is 13.7. The van der Waals surface area contributed by atoms with Crippen molar-refractivity contribution in [2.24, 2.45) is 11.1 Å². The zero-order chi connectivity index (χ0) is 14.0. The second kappa shape index (κ2) is 5.09. The van der Waals surface area contributed by atoms with Crippen molar-refractivity contribution in [1.29, 1.82) is 0 Å². The topological polar surface area (TPSA) is 70.8 Å². The fraction of sp³-hybridized carbons (Fsp3) is 0.500. The number of hydrogen-bond donors (Lipinski definition) is 1. The van der Waals surface area contributed by atoms with Gasteiger partial charge in [0.05, 0.1) is 26.7 Å². The average Bonchev–Trinajstić information content (AvgIpc) is 3.26. The van der Waals surface area contributed by atoms with Crippen LogP contribution in [0.2, 0.25) is 0 Å². The summed E-state index contributed by atoms with van der Waals surface area (Å²) < 4.78 is 15.3. The first-order chi connectivity index (χ1) is 9.08. The summed E-state index contributed by atoms with van der Waals surface area (Å²) in [7, 11) is 4.54. The molecule has 1 aromatic rings. The lowest BCUT2D eigenvalue weighted by Crippen LogP contribution is -2.31. The van der Waals surface area contributed by atoms with Crippen LogP contribution < -0.4 is 15.2 Å². The molecular formula is C14H19NO4. The Hall–Kier alpha value is -1.75. The third-order valence-corrected chi connectivity index (χ3v) is 3.74. The molecule has 1 atom stereocenters. The molecule has 0 amide bonds. The lowest BCUT2D eigenvalue weighted by atomic mass is 9.90. The molecule has 1 aliphatic rings. The van der Waals surface area contributed by atoms with E-state index in [9.17, 15) is 4.79 Å². The van der Waals surface area contributed by atoms with E-state index in [0.29, 0.717) is 11.5 Å². The maximum absolute atomic E-state index is 11.8. The summed E-state index contributed by atoms with van der Waals surface area (Å²) in [5, 5.41) is 0. The Morgan fingerprint density at radius 2 is 1.84 bits per heavy atom. The van der Waals surface area contributed by atoms with Crippen LogP contribution in [-0.4, -0.2) is 27.3 Å². The zero-order valence-electron chi connectivity index (χ0n) is 11.4. The molecule has 0 bridgehead atoms. The molecule has 2 N–H and O–H groups in total. The number of rotatable bonds is 5. The van der Waals surface area contributed by atoms with Crippen LogP contribution in [0.1, 0.15) is 24.4 Å². The van der Waals surface area contributed by atoms with Crippen molar-refractivity contribution < 1.29 is 19.0 Å². The molecule has 0 aliphatic heterocycles. The molecule has 1 aromatic carbocycles. The zero-order valence-corrected chi connectivity index (χ0v) is 11.4. The number of ether oxygens (including phenoxy) is 3. The number of esters is 1. The summed E-state index contributed by atoms with van der Waals surface area (Å²) in [6.07, 6.45) is 1.52. The second-order valence-corrected chi connectivity index (χ2v) is 4.74. The Morgan fingerprint density at radius 3 is 2.32 bits per heavy atom. The van der Waals surface area contributed by atoms with E-state index in [-0.39, 0.29) is 12.0 Å². The number of nitrogens with two attached hydrogens (primary N) is 1. The highest BCUT2D eigenvalue weighted by Gasteiger charge is 2.56. The van der Waals surface area contributed by atoms with E-state index in [1.54, 1.807) is 20.3 Å². The van der Waals surface area contributed by atoms with Gasteiger partial charge in [-0.3, -0.25) is 4.79 Å². The molecule has 0 heterocycles. The summed E-state index contributed by atoms with van der Waals surface area (Å²) in [6.45, 7) is 0. The smallest absolute Gasteiger partial charge is 0.313 e. The van der Waals surface area contributed by atoms with Gasteiger partial charge in [-0.15, -0.1) is 0 Å². The molecule has 5 nitrogen and oxygen atoms in total. The fourth-order valence-corrected chi connectivity index (χ4v) is 2.35. The Morgan fingerprint density at radius 1 is 1.21 bits per heavy atom. The van der Waals surface area contributed by atoms with Gasteiger partial charge in [0.1, 0.15) is 0 Å². The molecule has 19 heavy (non-hydrogen) atoms. The summed E-state index contributed by atoms with van der Waals surface area (Å²) in [4.78, 5) is 11.8. The van der Waals surface area contributed by atoms with Crippen molar-refractivity contribution in [2.45, 2.75) is 18.9 Å². The van der Waals surface area contributed by atoms with E-state index in [4.69, 9.17) is 19.9 Å². The van der Waals surface area contributed by atoms with Crippen LogP contribution in [-0.2, 0) is 9.53 Å². The molecule has 1 saturated carbocycles. The predicted octanol–water partition coefficient (Wildman–Crippen LogP) is 1.66. The van der Waals surface area contributed by atoms with Crippen molar-refractivity contribution in [2.75, 3.05) is 21.3 Å². The maximum atomic E-state index is 11.8. The van der Waals surface area contributed by atoms with Crippen LogP contribution >= 0.6 is 0 Å². The molecule has 0 spiro atoms. The molecule has 0 saturated heterocycles. The van der Waals surface area contributed by atoms with Gasteiger partial charge < -0.3 is 19.9 Å². The Balaban J connectivity index is 2.29. The van der Waals surface area contributed by atoms with Gasteiger partial charge >= 0.3 is 5.97 Å². The van der Waals surface area contributed by atoms with Gasteiger partial charge in [0, 0.05) is 6.04 Å². The first-order valence-corrected chi connectivity index (χ1v) is 6.15.